The predicted octanol–water partition coefficient (Wildman–Crippen LogP) is 6.17. The summed E-state index contributed by atoms with van der Waals surface area (Å²) in [6.45, 7) is 8.75. The maximum atomic E-state index is 15.2. The monoisotopic (exact) mass is 883 g/mol. The highest BCUT2D eigenvalue weighted by atomic mass is 35.5. The number of anilines is 5. The summed E-state index contributed by atoms with van der Waals surface area (Å²) in [5, 5.41) is 15.5. The second kappa shape index (κ2) is 15.6. The topological polar surface area (TPSA) is 155 Å². The summed E-state index contributed by atoms with van der Waals surface area (Å²) < 4.78 is 39.3. The number of halogens is 3. The molecule has 18 heteroatoms. The first-order valence-corrected chi connectivity index (χ1v) is 22.3. The average molecular weight is 884 g/mol. The minimum Gasteiger partial charge on any atom is -0.480 e. The molecule has 0 radical (unpaired) electrons. The lowest BCUT2D eigenvalue weighted by Gasteiger charge is -2.49. The SMILES string of the molecule is Cn1nc(C2CCC(=O)NC2=O)c2cccc(N3CCC(CN4CCN(c5ncc(Cl)c(Nc6ccc7c(c6)c6c(c(=O)n7C)OCC(F)(F)[C@H](C7CC7)N6)n5)CC4(C)C)CC3)c21. The van der Waals surface area contributed by atoms with E-state index in [1.54, 1.807) is 25.4 Å². The fourth-order valence-electron chi connectivity index (χ4n) is 10.2. The predicted molar refractivity (Wildman–Crippen MR) is 239 cm³/mol. The van der Waals surface area contributed by atoms with Gasteiger partial charge in [-0.1, -0.05) is 23.7 Å². The number of ether oxygens (including phenoxy) is 1. The van der Waals surface area contributed by atoms with Crippen LogP contribution in [0, 0.1) is 11.8 Å². The van der Waals surface area contributed by atoms with E-state index in [1.807, 2.05) is 29.9 Å². The van der Waals surface area contributed by atoms with Crippen LogP contribution in [-0.2, 0) is 23.7 Å². The first kappa shape index (κ1) is 41.5. The quantitative estimate of drug-likeness (QED) is 0.153. The third-order valence-corrected chi connectivity index (χ3v) is 14.1. The number of amides is 2. The van der Waals surface area contributed by atoms with Crippen molar-refractivity contribution >= 4 is 74.0 Å². The third-order valence-electron chi connectivity index (χ3n) is 13.8. The van der Waals surface area contributed by atoms with Crippen LogP contribution >= 0.6 is 11.6 Å². The van der Waals surface area contributed by atoms with E-state index in [4.69, 9.17) is 26.4 Å². The molecule has 4 fully saturated rings. The summed E-state index contributed by atoms with van der Waals surface area (Å²) in [4.78, 5) is 54.6. The number of piperidine rings is 2. The van der Waals surface area contributed by atoms with Crippen molar-refractivity contribution in [3.63, 3.8) is 0 Å². The largest absolute Gasteiger partial charge is 0.480 e. The molecule has 1 unspecified atom stereocenters. The summed E-state index contributed by atoms with van der Waals surface area (Å²) in [6, 6.07) is 10.5. The molecule has 2 aromatic carbocycles. The van der Waals surface area contributed by atoms with Gasteiger partial charge in [-0.3, -0.25) is 29.3 Å². The van der Waals surface area contributed by atoms with Gasteiger partial charge < -0.3 is 29.7 Å². The van der Waals surface area contributed by atoms with Crippen molar-refractivity contribution in [1.82, 2.24) is 34.5 Å². The number of para-hydroxylation sites is 1. The van der Waals surface area contributed by atoms with Gasteiger partial charge in [0.2, 0.25) is 23.5 Å². The molecule has 15 nitrogen and oxygen atoms in total. The molecule has 3 aromatic heterocycles. The van der Waals surface area contributed by atoms with E-state index in [0.717, 1.165) is 67.8 Å². The molecule has 1 saturated carbocycles. The Morgan fingerprint density at radius 3 is 2.51 bits per heavy atom. The van der Waals surface area contributed by atoms with Gasteiger partial charge in [-0.05, 0) is 82.1 Å². The summed E-state index contributed by atoms with van der Waals surface area (Å²) in [7, 11) is 3.53. The van der Waals surface area contributed by atoms with Gasteiger partial charge in [-0.2, -0.15) is 10.1 Å². The third kappa shape index (κ3) is 7.59. The van der Waals surface area contributed by atoms with Crippen LogP contribution in [0.3, 0.4) is 0 Å². The molecule has 2 amide bonds. The number of alkyl halides is 2. The Labute approximate surface area is 368 Å². The number of aryl methyl sites for hydroxylation is 2. The molecule has 2 atom stereocenters. The molecule has 0 spiro atoms. The number of carbonyl (C=O) groups excluding carboxylic acids is 2. The zero-order chi connectivity index (χ0) is 43.9. The van der Waals surface area contributed by atoms with Crippen molar-refractivity contribution in [2.24, 2.45) is 25.9 Å². The number of benzene rings is 2. The molecule has 332 valence electrons. The number of carbonyl (C=O) groups is 2. The summed E-state index contributed by atoms with van der Waals surface area (Å²) >= 11 is 6.69. The van der Waals surface area contributed by atoms with Gasteiger partial charge >= 0.3 is 5.92 Å². The van der Waals surface area contributed by atoms with Gasteiger partial charge in [0.05, 0.1) is 46.3 Å². The molecular formula is C45H52ClF2N11O4. The number of pyridine rings is 1. The highest BCUT2D eigenvalue weighted by Crippen LogP contribution is 2.46. The Bertz CT molecular complexity index is 2710. The molecule has 7 heterocycles. The van der Waals surface area contributed by atoms with Gasteiger partial charge in [0, 0.05) is 81.8 Å². The minimum absolute atomic E-state index is 0.110. The lowest BCUT2D eigenvalue weighted by atomic mass is 9.91. The lowest BCUT2D eigenvalue weighted by molar-refractivity contribution is -0.134. The van der Waals surface area contributed by atoms with E-state index in [0.29, 0.717) is 71.5 Å². The number of hydrogen-bond donors (Lipinski definition) is 3. The maximum Gasteiger partial charge on any atom is 0.301 e. The van der Waals surface area contributed by atoms with Crippen LogP contribution in [0.15, 0.2) is 47.4 Å². The van der Waals surface area contributed by atoms with E-state index in [9.17, 15) is 14.4 Å². The van der Waals surface area contributed by atoms with Crippen LogP contribution < -0.4 is 36.0 Å². The van der Waals surface area contributed by atoms with Crippen LogP contribution in [0.25, 0.3) is 21.8 Å². The van der Waals surface area contributed by atoms with Crippen LogP contribution in [-0.4, -0.2) is 104 Å². The number of piperazine rings is 1. The second-order valence-electron chi connectivity index (χ2n) is 18.6. The first-order chi connectivity index (χ1) is 30.1. The Morgan fingerprint density at radius 1 is 0.968 bits per heavy atom. The van der Waals surface area contributed by atoms with Crippen LogP contribution in [0.5, 0.6) is 5.75 Å². The van der Waals surface area contributed by atoms with E-state index in [2.05, 4.69) is 55.5 Å². The molecule has 5 aromatic rings. The van der Waals surface area contributed by atoms with Crippen molar-refractivity contribution in [2.45, 2.75) is 75.8 Å². The van der Waals surface area contributed by atoms with E-state index < -0.39 is 30.0 Å². The van der Waals surface area contributed by atoms with Gasteiger partial charge in [0.15, 0.2) is 12.4 Å². The van der Waals surface area contributed by atoms with E-state index >= 15 is 8.78 Å². The molecule has 63 heavy (non-hydrogen) atoms. The highest BCUT2D eigenvalue weighted by molar-refractivity contribution is 6.33. The second-order valence-corrected chi connectivity index (χ2v) is 19.0. The summed E-state index contributed by atoms with van der Waals surface area (Å²) in [5.74, 6) is -2.90. The summed E-state index contributed by atoms with van der Waals surface area (Å²) in [5.41, 5.74) is 3.67. The van der Waals surface area contributed by atoms with Crippen LogP contribution in [0.2, 0.25) is 5.02 Å². The number of fused-ring (bicyclic) bond motifs is 4. The number of nitrogens with one attached hydrogen (secondary N) is 3. The molecule has 5 aliphatic rings. The highest BCUT2D eigenvalue weighted by Gasteiger charge is 2.51. The van der Waals surface area contributed by atoms with Crippen molar-refractivity contribution in [3.8, 4) is 5.75 Å². The molecule has 1 aliphatic carbocycles. The molecule has 4 aliphatic heterocycles. The van der Waals surface area contributed by atoms with Crippen molar-refractivity contribution in [3.05, 3.63) is 63.7 Å². The van der Waals surface area contributed by atoms with Gasteiger partial charge in [0.25, 0.3) is 5.56 Å². The van der Waals surface area contributed by atoms with Crippen LogP contribution in [0.1, 0.15) is 64.0 Å². The minimum atomic E-state index is -3.14. The standard InChI is InChI=1S/C45H52ClF2N11O4/c1-44(2)23-58(18-19-59(44)22-25-14-16-57(17-15-25)33-7-5-6-28-35(54-56(4)37(28)33)29-11-13-34(60)51-41(29)61)43-49-21-31(46)40(53-43)50-27-10-12-32-30(20-27)36-38(42(62)55(32)3)63-24-45(47,48)39(52-36)26-8-9-26/h5-7,10,12,20-21,25-26,29,39,52H,8-9,11,13-19,22-24H2,1-4H3,(H,49,50,53)(H,51,60,61)/t29?,39-/m0/s1. The van der Waals surface area contributed by atoms with Gasteiger partial charge in [-0.15, -0.1) is 0 Å². The molecule has 0 bridgehead atoms. The number of hydrogen-bond acceptors (Lipinski definition) is 12. The number of nitrogens with zero attached hydrogens (tertiary/aromatic N) is 8. The van der Waals surface area contributed by atoms with E-state index in [-0.39, 0.29) is 34.7 Å². The smallest absolute Gasteiger partial charge is 0.301 e. The fraction of sp³-hybridized carbons (Fsp3) is 0.511. The normalized spacial score (nSPS) is 23.0. The Hall–Kier alpha value is -5.55. The van der Waals surface area contributed by atoms with E-state index in [1.165, 1.54) is 4.57 Å². The number of rotatable bonds is 8. The Morgan fingerprint density at radius 2 is 1.76 bits per heavy atom. The number of imide groups is 1. The van der Waals surface area contributed by atoms with Crippen LogP contribution in [0.4, 0.5) is 37.6 Å². The first-order valence-electron chi connectivity index (χ1n) is 21.9. The van der Waals surface area contributed by atoms with Crippen molar-refractivity contribution in [1.29, 1.82) is 0 Å². The zero-order valence-electron chi connectivity index (χ0n) is 35.9. The van der Waals surface area contributed by atoms with Gasteiger partial charge in [-0.25, -0.2) is 13.8 Å². The lowest BCUT2D eigenvalue weighted by Crippen LogP contribution is -2.61. The molecule has 3 saturated heterocycles. The fourth-order valence-corrected chi connectivity index (χ4v) is 10.3. The summed E-state index contributed by atoms with van der Waals surface area (Å²) in [6.07, 6.45) is 5.86. The number of aromatic nitrogens is 5. The molecule has 10 rings (SSSR count). The Kier molecular flexibility index (Phi) is 10.3. The average Bonchev–Trinajstić information content (AvgIpc) is 4.06. The van der Waals surface area contributed by atoms with Crippen molar-refractivity contribution in [2.75, 3.05) is 66.3 Å². The Balaban J connectivity index is 0.805. The molecular weight excluding hydrogens is 832 g/mol. The van der Waals surface area contributed by atoms with Gasteiger partial charge in [0.1, 0.15) is 5.02 Å². The molecule has 3 N–H and O–H groups in total. The zero-order valence-corrected chi connectivity index (χ0v) is 36.6. The van der Waals surface area contributed by atoms with Crippen molar-refractivity contribution < 1.29 is 23.1 Å². The maximum absolute atomic E-state index is 15.2.